The molecule has 7 heteroatoms. The quantitative estimate of drug-likeness (QED) is 0.778. The molecular formula is C19H24N2O4S. The first kappa shape index (κ1) is 19.8. The van der Waals surface area contributed by atoms with Gasteiger partial charge in [0.1, 0.15) is 12.4 Å². The highest BCUT2D eigenvalue weighted by molar-refractivity contribution is 7.92. The second kappa shape index (κ2) is 8.23. The standard InChI is InChI=1S/C19H24N2O4S/c1-13-7-5-6-8-18(13)25-12-15(3)20-19(22)16-9-10-17(14(2)11-16)21-26(4,23)24/h5-11,15,21H,12H2,1-4H3,(H,20,22)/t15-/m0/s1. The van der Waals surface area contributed by atoms with Gasteiger partial charge in [-0.1, -0.05) is 18.2 Å². The number of carbonyl (C=O) groups excluding carboxylic acids is 1. The fraction of sp³-hybridized carbons (Fsp3) is 0.316. The van der Waals surface area contributed by atoms with Crippen LogP contribution in [0.25, 0.3) is 0 Å². The first-order valence-electron chi connectivity index (χ1n) is 8.23. The van der Waals surface area contributed by atoms with Crippen LogP contribution >= 0.6 is 0 Å². The van der Waals surface area contributed by atoms with Crippen molar-refractivity contribution in [3.8, 4) is 5.75 Å². The molecule has 0 aliphatic rings. The maximum absolute atomic E-state index is 12.4. The summed E-state index contributed by atoms with van der Waals surface area (Å²) in [5.74, 6) is 0.556. The SMILES string of the molecule is Cc1cc(C(=O)N[C@@H](C)COc2ccccc2C)ccc1NS(C)(=O)=O. The minimum atomic E-state index is -3.36. The van der Waals surface area contributed by atoms with E-state index in [0.717, 1.165) is 17.6 Å². The molecule has 0 fully saturated rings. The molecule has 0 saturated carbocycles. The summed E-state index contributed by atoms with van der Waals surface area (Å²) in [5.41, 5.74) is 2.63. The molecule has 0 heterocycles. The lowest BCUT2D eigenvalue weighted by atomic mass is 10.1. The largest absolute Gasteiger partial charge is 0.491 e. The minimum Gasteiger partial charge on any atom is -0.491 e. The molecule has 0 aliphatic carbocycles. The van der Waals surface area contributed by atoms with Gasteiger partial charge in [-0.3, -0.25) is 9.52 Å². The molecule has 140 valence electrons. The lowest BCUT2D eigenvalue weighted by Gasteiger charge is -2.16. The van der Waals surface area contributed by atoms with Crippen LogP contribution in [0.5, 0.6) is 5.75 Å². The number of carbonyl (C=O) groups is 1. The zero-order chi connectivity index (χ0) is 19.3. The maximum Gasteiger partial charge on any atom is 0.251 e. The molecule has 0 aliphatic heterocycles. The van der Waals surface area contributed by atoms with Gasteiger partial charge in [0.15, 0.2) is 0 Å². The van der Waals surface area contributed by atoms with E-state index in [2.05, 4.69) is 10.0 Å². The fourth-order valence-corrected chi connectivity index (χ4v) is 3.03. The zero-order valence-corrected chi connectivity index (χ0v) is 16.2. The van der Waals surface area contributed by atoms with Gasteiger partial charge in [0.2, 0.25) is 10.0 Å². The second-order valence-electron chi connectivity index (χ2n) is 6.35. The smallest absolute Gasteiger partial charge is 0.251 e. The molecule has 2 N–H and O–H groups in total. The van der Waals surface area contributed by atoms with Crippen molar-refractivity contribution in [1.82, 2.24) is 5.32 Å². The highest BCUT2D eigenvalue weighted by atomic mass is 32.2. The van der Waals surface area contributed by atoms with Crippen LogP contribution < -0.4 is 14.8 Å². The van der Waals surface area contributed by atoms with E-state index in [1.165, 1.54) is 0 Å². The van der Waals surface area contributed by atoms with E-state index in [9.17, 15) is 13.2 Å². The van der Waals surface area contributed by atoms with E-state index >= 15 is 0 Å². The third-order valence-electron chi connectivity index (χ3n) is 3.74. The summed E-state index contributed by atoms with van der Waals surface area (Å²) in [4.78, 5) is 12.4. The van der Waals surface area contributed by atoms with Gasteiger partial charge >= 0.3 is 0 Å². The van der Waals surface area contributed by atoms with Crippen molar-refractivity contribution in [2.75, 3.05) is 17.6 Å². The van der Waals surface area contributed by atoms with Crippen LogP contribution in [0.3, 0.4) is 0 Å². The number of nitrogens with one attached hydrogen (secondary N) is 2. The van der Waals surface area contributed by atoms with E-state index in [1.807, 2.05) is 38.1 Å². The number of hydrogen-bond donors (Lipinski definition) is 2. The number of rotatable bonds is 7. The van der Waals surface area contributed by atoms with Gasteiger partial charge in [-0.15, -0.1) is 0 Å². The van der Waals surface area contributed by atoms with Crippen molar-refractivity contribution in [1.29, 1.82) is 0 Å². The van der Waals surface area contributed by atoms with E-state index in [0.29, 0.717) is 23.4 Å². The van der Waals surface area contributed by atoms with Gasteiger partial charge in [-0.05, 0) is 56.2 Å². The maximum atomic E-state index is 12.4. The summed E-state index contributed by atoms with van der Waals surface area (Å²) < 4.78 is 30.8. The average molecular weight is 376 g/mol. The van der Waals surface area contributed by atoms with Gasteiger partial charge in [0.05, 0.1) is 18.0 Å². The van der Waals surface area contributed by atoms with Crippen LogP contribution in [-0.2, 0) is 10.0 Å². The second-order valence-corrected chi connectivity index (χ2v) is 8.10. The molecule has 2 aromatic carbocycles. The van der Waals surface area contributed by atoms with Gasteiger partial charge in [0.25, 0.3) is 5.91 Å². The Bertz CT molecular complexity index is 894. The summed E-state index contributed by atoms with van der Waals surface area (Å²) in [6.07, 6.45) is 1.09. The van der Waals surface area contributed by atoms with Gasteiger partial charge in [0, 0.05) is 5.56 Å². The number of aryl methyl sites for hydroxylation is 2. The number of amides is 1. The molecular weight excluding hydrogens is 352 g/mol. The summed E-state index contributed by atoms with van der Waals surface area (Å²) >= 11 is 0. The molecule has 2 aromatic rings. The highest BCUT2D eigenvalue weighted by Crippen LogP contribution is 2.18. The number of benzene rings is 2. The summed E-state index contributed by atoms with van der Waals surface area (Å²) in [7, 11) is -3.36. The normalized spacial score (nSPS) is 12.3. The van der Waals surface area contributed by atoms with Gasteiger partial charge < -0.3 is 10.1 Å². The molecule has 26 heavy (non-hydrogen) atoms. The molecule has 6 nitrogen and oxygen atoms in total. The first-order chi connectivity index (χ1) is 12.2. The van der Waals surface area contributed by atoms with Crippen molar-refractivity contribution in [2.24, 2.45) is 0 Å². The summed E-state index contributed by atoms with van der Waals surface area (Å²) in [5, 5.41) is 2.88. The van der Waals surface area contributed by atoms with E-state index in [4.69, 9.17) is 4.74 Å². The van der Waals surface area contributed by atoms with Crippen molar-refractivity contribution in [3.63, 3.8) is 0 Å². The third-order valence-corrected chi connectivity index (χ3v) is 4.33. The monoisotopic (exact) mass is 376 g/mol. The number of anilines is 1. The molecule has 0 bridgehead atoms. The molecule has 0 saturated heterocycles. The molecule has 1 amide bonds. The molecule has 0 spiro atoms. The van der Waals surface area contributed by atoms with Crippen molar-refractivity contribution in [2.45, 2.75) is 26.8 Å². The van der Waals surface area contributed by atoms with E-state index < -0.39 is 10.0 Å². The molecule has 1 atom stereocenters. The Hall–Kier alpha value is -2.54. The Morgan fingerprint density at radius 2 is 1.81 bits per heavy atom. The Morgan fingerprint density at radius 1 is 1.12 bits per heavy atom. The van der Waals surface area contributed by atoms with Crippen LogP contribution in [0.2, 0.25) is 0 Å². The van der Waals surface area contributed by atoms with Gasteiger partial charge in [-0.25, -0.2) is 8.42 Å². The predicted molar refractivity (Wildman–Crippen MR) is 103 cm³/mol. The number of para-hydroxylation sites is 1. The lowest BCUT2D eigenvalue weighted by Crippen LogP contribution is -2.36. The Morgan fingerprint density at radius 3 is 2.42 bits per heavy atom. The fourth-order valence-electron chi connectivity index (χ4n) is 2.40. The number of hydrogen-bond acceptors (Lipinski definition) is 4. The highest BCUT2D eigenvalue weighted by Gasteiger charge is 2.13. The van der Waals surface area contributed by atoms with Gasteiger partial charge in [-0.2, -0.15) is 0 Å². The minimum absolute atomic E-state index is 0.184. The molecule has 0 unspecified atom stereocenters. The number of ether oxygens (including phenoxy) is 1. The van der Waals surface area contributed by atoms with Crippen LogP contribution in [0.15, 0.2) is 42.5 Å². The Labute approximate surface area is 154 Å². The van der Waals surface area contributed by atoms with Crippen molar-refractivity contribution < 1.29 is 17.9 Å². The van der Waals surface area contributed by atoms with Crippen LogP contribution in [0, 0.1) is 13.8 Å². The molecule has 2 rings (SSSR count). The van der Waals surface area contributed by atoms with Crippen LogP contribution in [0.1, 0.15) is 28.4 Å². The van der Waals surface area contributed by atoms with Crippen molar-refractivity contribution in [3.05, 3.63) is 59.2 Å². The lowest BCUT2D eigenvalue weighted by molar-refractivity contribution is 0.0926. The zero-order valence-electron chi connectivity index (χ0n) is 15.4. The number of sulfonamides is 1. The van der Waals surface area contributed by atoms with Crippen LogP contribution in [0.4, 0.5) is 5.69 Å². The van der Waals surface area contributed by atoms with E-state index in [1.54, 1.807) is 25.1 Å². The van der Waals surface area contributed by atoms with Crippen LogP contribution in [-0.4, -0.2) is 33.2 Å². The summed E-state index contributed by atoms with van der Waals surface area (Å²) in [6, 6.07) is 12.3. The predicted octanol–water partition coefficient (Wildman–Crippen LogP) is 2.87. The third kappa shape index (κ3) is 5.77. The van der Waals surface area contributed by atoms with E-state index in [-0.39, 0.29) is 11.9 Å². The Balaban J connectivity index is 1.96. The topological polar surface area (TPSA) is 84.5 Å². The molecule has 0 radical (unpaired) electrons. The average Bonchev–Trinajstić information content (AvgIpc) is 2.54. The summed E-state index contributed by atoms with van der Waals surface area (Å²) in [6.45, 7) is 5.92. The van der Waals surface area contributed by atoms with Crippen molar-refractivity contribution >= 4 is 21.6 Å². The molecule has 0 aromatic heterocycles. The first-order valence-corrected chi connectivity index (χ1v) is 10.1. The Kier molecular flexibility index (Phi) is 6.26.